The van der Waals surface area contributed by atoms with E-state index < -0.39 is 0 Å². The molecule has 76 valence electrons. The van der Waals surface area contributed by atoms with E-state index in [1.165, 1.54) is 30.6 Å². The number of aromatic amines is 1. The predicted molar refractivity (Wildman–Crippen MR) is 58.0 cm³/mol. The third-order valence-electron chi connectivity index (χ3n) is 1.90. The highest BCUT2D eigenvalue weighted by atomic mass is 79.9. The van der Waals surface area contributed by atoms with Gasteiger partial charge in [0, 0.05) is 18.0 Å². The van der Waals surface area contributed by atoms with Gasteiger partial charge in [-0.15, -0.1) is 0 Å². The van der Waals surface area contributed by atoms with Crippen molar-refractivity contribution in [3.8, 4) is 11.3 Å². The first-order valence-electron chi connectivity index (χ1n) is 4.17. The molecule has 1 heterocycles. The first-order valence-corrected chi connectivity index (χ1v) is 4.97. The van der Waals surface area contributed by atoms with Crippen molar-refractivity contribution < 1.29 is 4.39 Å². The van der Waals surface area contributed by atoms with Crippen LogP contribution in [0, 0.1) is 5.82 Å². The number of aromatic nitrogens is 2. The highest BCUT2D eigenvalue weighted by molar-refractivity contribution is 9.10. The van der Waals surface area contributed by atoms with Crippen LogP contribution in [0.1, 0.15) is 0 Å². The van der Waals surface area contributed by atoms with Gasteiger partial charge in [-0.3, -0.25) is 4.79 Å². The van der Waals surface area contributed by atoms with Gasteiger partial charge in [0.05, 0.1) is 4.47 Å². The molecule has 0 aliphatic carbocycles. The summed E-state index contributed by atoms with van der Waals surface area (Å²) >= 11 is 3.05. The van der Waals surface area contributed by atoms with Crippen LogP contribution in [0.4, 0.5) is 4.39 Å². The van der Waals surface area contributed by atoms with E-state index in [0.717, 1.165) is 0 Å². The van der Waals surface area contributed by atoms with Crippen LogP contribution in [0.25, 0.3) is 11.3 Å². The van der Waals surface area contributed by atoms with Crippen molar-refractivity contribution >= 4 is 15.9 Å². The zero-order valence-corrected chi connectivity index (χ0v) is 9.08. The summed E-state index contributed by atoms with van der Waals surface area (Å²) in [4.78, 5) is 17.8. The molecule has 1 aromatic carbocycles. The summed E-state index contributed by atoms with van der Waals surface area (Å²) in [5.74, 6) is -0.369. The highest BCUT2D eigenvalue weighted by Gasteiger charge is 2.06. The fraction of sp³-hybridized carbons (Fsp3) is 0. The number of halogens is 2. The lowest BCUT2D eigenvalue weighted by Crippen LogP contribution is -2.09. The Balaban J connectivity index is 2.60. The largest absolute Gasteiger partial charge is 0.326 e. The topological polar surface area (TPSA) is 45.8 Å². The van der Waals surface area contributed by atoms with Gasteiger partial charge in [-0.1, -0.05) is 0 Å². The van der Waals surface area contributed by atoms with E-state index in [4.69, 9.17) is 0 Å². The molecule has 5 heteroatoms. The third-order valence-corrected chi connectivity index (χ3v) is 2.51. The lowest BCUT2D eigenvalue weighted by molar-refractivity contribution is 0.621. The molecule has 0 atom stereocenters. The molecule has 3 nitrogen and oxygen atoms in total. The molecular weight excluding hydrogens is 263 g/mol. The highest BCUT2D eigenvalue weighted by Crippen LogP contribution is 2.21. The first-order chi connectivity index (χ1) is 7.18. The average Bonchev–Trinajstić information content (AvgIpc) is 2.23. The molecule has 0 amide bonds. The van der Waals surface area contributed by atoms with E-state index in [9.17, 15) is 9.18 Å². The van der Waals surface area contributed by atoms with Crippen LogP contribution in [0.2, 0.25) is 0 Å². The minimum absolute atomic E-state index is 0.276. The van der Waals surface area contributed by atoms with Crippen molar-refractivity contribution in [3.63, 3.8) is 0 Å². The van der Waals surface area contributed by atoms with Crippen molar-refractivity contribution in [2.75, 3.05) is 0 Å². The minimum Gasteiger partial charge on any atom is -0.326 e. The molecule has 0 bridgehead atoms. The number of nitrogens with one attached hydrogen (secondary N) is 1. The van der Waals surface area contributed by atoms with Crippen LogP contribution in [0.3, 0.4) is 0 Å². The second-order valence-corrected chi connectivity index (χ2v) is 3.75. The molecule has 1 aromatic heterocycles. The molecule has 0 spiro atoms. The summed E-state index contributed by atoms with van der Waals surface area (Å²) in [5, 5.41) is 0. The van der Waals surface area contributed by atoms with Gasteiger partial charge in [-0.25, -0.2) is 9.37 Å². The average molecular weight is 269 g/mol. The summed E-state index contributed by atoms with van der Waals surface area (Å²) in [6.45, 7) is 0. The molecule has 15 heavy (non-hydrogen) atoms. The number of H-pyrrole nitrogens is 1. The molecule has 0 unspecified atom stereocenters. The molecule has 0 saturated heterocycles. The van der Waals surface area contributed by atoms with Gasteiger partial charge in [-0.2, -0.15) is 0 Å². The Kier molecular flexibility index (Phi) is 2.64. The number of benzene rings is 1. The molecule has 2 rings (SSSR count). The van der Waals surface area contributed by atoms with E-state index in [0.29, 0.717) is 10.0 Å². The molecule has 0 saturated carbocycles. The van der Waals surface area contributed by atoms with E-state index in [1.54, 1.807) is 0 Å². The predicted octanol–water partition coefficient (Wildman–Crippen LogP) is 2.34. The Hall–Kier alpha value is -1.49. The Morgan fingerprint density at radius 1 is 1.40 bits per heavy atom. The van der Waals surface area contributed by atoms with Crippen LogP contribution in [-0.4, -0.2) is 9.97 Å². The summed E-state index contributed by atoms with van der Waals surface area (Å²) < 4.78 is 13.3. The third kappa shape index (κ3) is 1.97. The Labute approximate surface area is 93.1 Å². The van der Waals surface area contributed by atoms with Gasteiger partial charge < -0.3 is 4.98 Å². The minimum atomic E-state index is -0.369. The Bertz CT molecular complexity index is 553. The van der Waals surface area contributed by atoms with Crippen molar-refractivity contribution in [2.24, 2.45) is 0 Å². The molecule has 2 aromatic rings. The van der Waals surface area contributed by atoms with Crippen LogP contribution in [0.5, 0.6) is 0 Å². The Morgan fingerprint density at radius 3 is 2.87 bits per heavy atom. The second kappa shape index (κ2) is 3.94. The number of nitrogens with zero attached hydrogens (tertiary/aromatic N) is 1. The zero-order chi connectivity index (χ0) is 10.8. The number of hydrogen-bond donors (Lipinski definition) is 1. The molecule has 0 radical (unpaired) electrons. The first kappa shape index (κ1) is 10.0. The van der Waals surface area contributed by atoms with Gasteiger partial charge in [0.1, 0.15) is 11.5 Å². The summed E-state index contributed by atoms with van der Waals surface area (Å²) in [5.41, 5.74) is 0.555. The summed E-state index contributed by atoms with van der Waals surface area (Å²) in [7, 11) is 0. The standard InChI is InChI=1S/C10H6BrFN2O/c11-7-5-6(1-2-8(7)12)9-10(15)14-4-3-13-9/h1-5H,(H,14,15). The molecule has 0 aliphatic heterocycles. The SMILES string of the molecule is O=c1[nH]ccnc1-c1ccc(F)c(Br)c1. The van der Waals surface area contributed by atoms with Crippen molar-refractivity contribution in [1.82, 2.24) is 9.97 Å². The summed E-state index contributed by atoms with van der Waals surface area (Å²) in [6, 6.07) is 4.32. The number of rotatable bonds is 1. The molecular formula is C10H6BrFN2O. The van der Waals surface area contributed by atoms with Crippen LogP contribution >= 0.6 is 15.9 Å². The maximum atomic E-state index is 13.0. The Morgan fingerprint density at radius 2 is 2.20 bits per heavy atom. The smallest absolute Gasteiger partial charge is 0.274 e. The molecule has 0 fully saturated rings. The zero-order valence-electron chi connectivity index (χ0n) is 7.50. The van der Waals surface area contributed by atoms with Crippen molar-refractivity contribution in [2.45, 2.75) is 0 Å². The molecule has 0 aliphatic rings. The van der Waals surface area contributed by atoms with E-state index >= 15 is 0 Å². The summed E-state index contributed by atoms with van der Waals surface area (Å²) in [6.07, 6.45) is 2.93. The van der Waals surface area contributed by atoms with Crippen LogP contribution < -0.4 is 5.56 Å². The van der Waals surface area contributed by atoms with Crippen molar-refractivity contribution in [1.29, 1.82) is 0 Å². The van der Waals surface area contributed by atoms with Crippen LogP contribution in [-0.2, 0) is 0 Å². The lowest BCUT2D eigenvalue weighted by Gasteiger charge is -2.00. The fourth-order valence-electron chi connectivity index (χ4n) is 1.20. The monoisotopic (exact) mass is 268 g/mol. The maximum absolute atomic E-state index is 13.0. The maximum Gasteiger partial charge on any atom is 0.274 e. The second-order valence-electron chi connectivity index (χ2n) is 2.90. The van der Waals surface area contributed by atoms with E-state index in [-0.39, 0.29) is 17.1 Å². The van der Waals surface area contributed by atoms with Gasteiger partial charge in [0.25, 0.3) is 5.56 Å². The van der Waals surface area contributed by atoms with Gasteiger partial charge >= 0.3 is 0 Å². The quantitative estimate of drug-likeness (QED) is 0.863. The van der Waals surface area contributed by atoms with Gasteiger partial charge in [-0.05, 0) is 34.1 Å². The van der Waals surface area contributed by atoms with Crippen molar-refractivity contribution in [3.05, 3.63) is 51.2 Å². The fourth-order valence-corrected chi connectivity index (χ4v) is 1.58. The molecule has 1 N–H and O–H groups in total. The van der Waals surface area contributed by atoms with E-state index in [1.807, 2.05) is 0 Å². The van der Waals surface area contributed by atoms with Gasteiger partial charge in [0.2, 0.25) is 0 Å². The normalized spacial score (nSPS) is 10.3. The van der Waals surface area contributed by atoms with E-state index in [2.05, 4.69) is 25.9 Å². The van der Waals surface area contributed by atoms with Crippen LogP contribution in [0.15, 0.2) is 39.9 Å². The lowest BCUT2D eigenvalue weighted by atomic mass is 10.1. The number of hydrogen-bond acceptors (Lipinski definition) is 2. The van der Waals surface area contributed by atoms with Gasteiger partial charge in [0.15, 0.2) is 0 Å².